The average molecular weight is 341 g/mol. The molecule has 1 aliphatic heterocycles. The first-order chi connectivity index (χ1) is 12.2. The molecule has 1 fully saturated rings. The summed E-state index contributed by atoms with van der Waals surface area (Å²) in [4.78, 5) is 19.1. The summed E-state index contributed by atoms with van der Waals surface area (Å²) in [6, 6.07) is 10.00. The molecule has 0 bridgehead atoms. The Morgan fingerprint density at radius 1 is 1.28 bits per heavy atom. The van der Waals surface area contributed by atoms with Gasteiger partial charge >= 0.3 is 0 Å². The highest BCUT2D eigenvalue weighted by molar-refractivity contribution is 5.76. The van der Waals surface area contributed by atoms with Crippen LogP contribution in [0.15, 0.2) is 42.7 Å². The number of carbonyl (C=O) groups is 1. The SMILES string of the molecule is Cn1ccnc1CCC1CCCCN1C(=O)CCOc1ccccc1. The molecular formula is C20H27N3O2. The van der Waals surface area contributed by atoms with E-state index >= 15 is 0 Å². The van der Waals surface area contributed by atoms with Crippen LogP contribution >= 0.6 is 0 Å². The van der Waals surface area contributed by atoms with Crippen LogP contribution in [0.1, 0.15) is 37.9 Å². The quantitative estimate of drug-likeness (QED) is 0.777. The predicted molar refractivity (Wildman–Crippen MR) is 97.4 cm³/mol. The molecule has 0 aliphatic carbocycles. The number of benzene rings is 1. The van der Waals surface area contributed by atoms with E-state index in [1.807, 2.05) is 49.8 Å². The number of piperidine rings is 1. The number of rotatable bonds is 7. The maximum atomic E-state index is 12.7. The second-order valence-electron chi connectivity index (χ2n) is 6.64. The zero-order valence-corrected chi connectivity index (χ0v) is 14.9. The van der Waals surface area contributed by atoms with Crippen molar-refractivity contribution in [1.29, 1.82) is 0 Å². The maximum absolute atomic E-state index is 12.7. The summed E-state index contributed by atoms with van der Waals surface area (Å²) in [5.74, 6) is 2.12. The number of nitrogens with zero attached hydrogens (tertiary/aromatic N) is 3. The molecule has 2 heterocycles. The summed E-state index contributed by atoms with van der Waals surface area (Å²) < 4.78 is 7.73. The van der Waals surface area contributed by atoms with Crippen LogP contribution in [0.5, 0.6) is 5.75 Å². The van der Waals surface area contributed by atoms with Crippen molar-refractivity contribution in [1.82, 2.24) is 14.5 Å². The van der Waals surface area contributed by atoms with Crippen molar-refractivity contribution in [3.8, 4) is 5.75 Å². The molecule has 0 saturated carbocycles. The molecule has 1 amide bonds. The summed E-state index contributed by atoms with van der Waals surface area (Å²) in [5, 5.41) is 0. The van der Waals surface area contributed by atoms with E-state index < -0.39 is 0 Å². The highest BCUT2D eigenvalue weighted by atomic mass is 16.5. The number of imidazole rings is 1. The van der Waals surface area contributed by atoms with E-state index in [2.05, 4.69) is 14.5 Å². The number of hydrogen-bond donors (Lipinski definition) is 0. The fraction of sp³-hybridized carbons (Fsp3) is 0.500. The Balaban J connectivity index is 1.49. The van der Waals surface area contributed by atoms with Crippen molar-refractivity contribution in [2.45, 2.75) is 44.6 Å². The summed E-state index contributed by atoms with van der Waals surface area (Å²) in [5.41, 5.74) is 0. The summed E-state index contributed by atoms with van der Waals surface area (Å²) >= 11 is 0. The smallest absolute Gasteiger partial charge is 0.226 e. The highest BCUT2D eigenvalue weighted by Crippen LogP contribution is 2.22. The summed E-state index contributed by atoms with van der Waals surface area (Å²) in [7, 11) is 2.02. The maximum Gasteiger partial charge on any atom is 0.226 e. The lowest BCUT2D eigenvalue weighted by molar-refractivity contribution is -0.135. The van der Waals surface area contributed by atoms with Crippen molar-refractivity contribution >= 4 is 5.91 Å². The van der Waals surface area contributed by atoms with Crippen molar-refractivity contribution in [2.75, 3.05) is 13.2 Å². The van der Waals surface area contributed by atoms with Crippen molar-refractivity contribution in [3.63, 3.8) is 0 Å². The second kappa shape index (κ2) is 8.70. The molecule has 25 heavy (non-hydrogen) atoms. The van der Waals surface area contributed by atoms with Crippen LogP contribution in [-0.4, -0.2) is 39.6 Å². The third-order valence-corrected chi connectivity index (χ3v) is 4.90. The number of hydrogen-bond acceptors (Lipinski definition) is 3. The van der Waals surface area contributed by atoms with E-state index in [0.29, 0.717) is 19.1 Å². The first kappa shape index (κ1) is 17.5. The summed E-state index contributed by atoms with van der Waals surface area (Å²) in [6.07, 6.45) is 9.54. The third-order valence-electron chi connectivity index (χ3n) is 4.90. The van der Waals surface area contributed by atoms with E-state index in [9.17, 15) is 4.79 Å². The van der Waals surface area contributed by atoms with E-state index in [-0.39, 0.29) is 5.91 Å². The Morgan fingerprint density at radius 2 is 2.12 bits per heavy atom. The van der Waals surface area contributed by atoms with Crippen molar-refractivity contribution in [3.05, 3.63) is 48.5 Å². The molecule has 1 aromatic heterocycles. The number of aromatic nitrogens is 2. The Bertz CT molecular complexity index is 669. The molecule has 0 N–H and O–H groups in total. The lowest BCUT2D eigenvalue weighted by atomic mass is 9.97. The Kier molecular flexibility index (Phi) is 6.09. The number of carbonyl (C=O) groups excluding carboxylic acids is 1. The van der Waals surface area contributed by atoms with Gasteiger partial charge in [-0.2, -0.15) is 0 Å². The Labute approximate surface area is 149 Å². The number of ether oxygens (including phenoxy) is 1. The standard InChI is InChI=1S/C20H27N3O2/c1-22-15-13-21-19(22)11-10-17-7-5-6-14-23(17)20(24)12-16-25-18-8-3-2-4-9-18/h2-4,8-9,13,15,17H,5-7,10-12,14,16H2,1H3. The van der Waals surface area contributed by atoms with Crippen LogP contribution in [0, 0.1) is 0 Å². The van der Waals surface area contributed by atoms with E-state index in [1.54, 1.807) is 0 Å². The van der Waals surface area contributed by atoms with E-state index in [4.69, 9.17) is 4.74 Å². The number of aryl methyl sites for hydroxylation is 2. The van der Waals surface area contributed by atoms with Crippen molar-refractivity contribution < 1.29 is 9.53 Å². The molecule has 0 spiro atoms. The van der Waals surface area contributed by atoms with Crippen molar-refractivity contribution in [2.24, 2.45) is 7.05 Å². The van der Waals surface area contributed by atoms with E-state index in [0.717, 1.165) is 43.8 Å². The van der Waals surface area contributed by atoms with Gasteiger partial charge < -0.3 is 14.2 Å². The van der Waals surface area contributed by atoms with Gasteiger partial charge in [-0.15, -0.1) is 0 Å². The highest BCUT2D eigenvalue weighted by Gasteiger charge is 2.26. The van der Waals surface area contributed by atoms with Gasteiger partial charge in [-0.25, -0.2) is 4.98 Å². The minimum atomic E-state index is 0.209. The molecule has 2 aromatic rings. The molecule has 134 valence electrons. The van der Waals surface area contributed by atoms with Gasteiger partial charge in [0.15, 0.2) is 0 Å². The molecule has 1 unspecified atom stereocenters. The topological polar surface area (TPSA) is 47.4 Å². The van der Waals surface area contributed by atoms with Crippen LogP contribution in [-0.2, 0) is 18.3 Å². The number of para-hydroxylation sites is 1. The Hall–Kier alpha value is -2.30. The zero-order chi connectivity index (χ0) is 17.5. The van der Waals surface area contributed by atoms with Gasteiger partial charge in [-0.3, -0.25) is 4.79 Å². The molecule has 5 heteroatoms. The van der Waals surface area contributed by atoms with Crippen LogP contribution in [0.3, 0.4) is 0 Å². The second-order valence-corrected chi connectivity index (χ2v) is 6.64. The van der Waals surface area contributed by atoms with Gasteiger partial charge in [-0.1, -0.05) is 18.2 Å². The van der Waals surface area contributed by atoms with Crippen LogP contribution in [0.4, 0.5) is 0 Å². The Morgan fingerprint density at radius 3 is 2.88 bits per heavy atom. The van der Waals surface area contributed by atoms with Gasteiger partial charge in [0.25, 0.3) is 0 Å². The third kappa shape index (κ3) is 4.84. The number of amides is 1. The van der Waals surface area contributed by atoms with Crippen LogP contribution in [0.2, 0.25) is 0 Å². The minimum absolute atomic E-state index is 0.209. The molecule has 1 aliphatic rings. The van der Waals surface area contributed by atoms with Gasteiger partial charge in [0.05, 0.1) is 13.0 Å². The molecular weight excluding hydrogens is 314 g/mol. The molecule has 1 atom stereocenters. The van der Waals surface area contributed by atoms with Crippen LogP contribution < -0.4 is 4.74 Å². The van der Waals surface area contributed by atoms with Crippen LogP contribution in [0.25, 0.3) is 0 Å². The molecule has 3 rings (SSSR count). The largest absolute Gasteiger partial charge is 0.493 e. The average Bonchev–Trinajstić information content (AvgIpc) is 3.06. The van der Waals surface area contributed by atoms with Gasteiger partial charge in [0, 0.05) is 38.4 Å². The fourth-order valence-corrected chi connectivity index (χ4v) is 3.48. The fourth-order valence-electron chi connectivity index (χ4n) is 3.48. The molecule has 1 saturated heterocycles. The normalized spacial score (nSPS) is 17.5. The van der Waals surface area contributed by atoms with Gasteiger partial charge in [0.2, 0.25) is 5.91 Å². The number of likely N-dealkylation sites (tertiary alicyclic amines) is 1. The van der Waals surface area contributed by atoms with Gasteiger partial charge in [0.1, 0.15) is 11.6 Å². The zero-order valence-electron chi connectivity index (χ0n) is 14.9. The predicted octanol–water partition coefficient (Wildman–Crippen LogP) is 3.20. The van der Waals surface area contributed by atoms with E-state index in [1.165, 1.54) is 6.42 Å². The summed E-state index contributed by atoms with van der Waals surface area (Å²) in [6.45, 7) is 1.31. The lowest BCUT2D eigenvalue weighted by Crippen LogP contribution is -2.44. The lowest BCUT2D eigenvalue weighted by Gasteiger charge is -2.36. The molecule has 5 nitrogen and oxygen atoms in total. The molecule has 0 radical (unpaired) electrons. The first-order valence-corrected chi connectivity index (χ1v) is 9.17. The van der Waals surface area contributed by atoms with Gasteiger partial charge in [-0.05, 0) is 37.8 Å². The minimum Gasteiger partial charge on any atom is -0.493 e. The molecule has 1 aromatic carbocycles. The first-order valence-electron chi connectivity index (χ1n) is 9.17. The monoisotopic (exact) mass is 341 g/mol.